The predicted octanol–water partition coefficient (Wildman–Crippen LogP) is 2.05. The first-order valence-electron chi connectivity index (χ1n) is 5.53. The monoisotopic (exact) mass is 232 g/mol. The second-order valence-electron chi connectivity index (χ2n) is 4.00. The Kier molecular flexibility index (Phi) is 3.44. The van der Waals surface area contributed by atoms with Crippen molar-refractivity contribution in [3.63, 3.8) is 0 Å². The number of aryl methyl sites for hydroxylation is 1. The first kappa shape index (κ1) is 11.7. The van der Waals surface area contributed by atoms with Gasteiger partial charge >= 0.3 is 0 Å². The number of ether oxygens (including phenoxy) is 1. The number of benzene rings is 1. The molecule has 0 amide bonds. The van der Waals surface area contributed by atoms with E-state index in [4.69, 9.17) is 4.74 Å². The van der Waals surface area contributed by atoms with Crippen LogP contribution in [0.25, 0.3) is 0 Å². The van der Waals surface area contributed by atoms with E-state index in [1.54, 1.807) is 19.4 Å². The van der Waals surface area contributed by atoms with E-state index >= 15 is 0 Å². The van der Waals surface area contributed by atoms with Crippen molar-refractivity contribution in [2.24, 2.45) is 7.05 Å². The Hall–Kier alpha value is -1.81. The Bertz CT molecular complexity index is 492. The van der Waals surface area contributed by atoms with Crippen molar-refractivity contribution in [3.05, 3.63) is 48.0 Å². The highest BCUT2D eigenvalue weighted by Crippen LogP contribution is 2.25. The Morgan fingerprint density at radius 1 is 1.41 bits per heavy atom. The molecular formula is C13H16N2O2. The van der Waals surface area contributed by atoms with Gasteiger partial charge in [-0.25, -0.2) is 4.98 Å². The fraction of sp³-hybridized carbons (Fsp3) is 0.308. The Balaban J connectivity index is 2.11. The third-order valence-corrected chi connectivity index (χ3v) is 2.66. The van der Waals surface area contributed by atoms with Crippen LogP contribution in [0.5, 0.6) is 5.75 Å². The standard InChI is InChI=1S/C13H16N2O2/c1-10(16)12-5-3-4-6-13(12)17-8-11-7-14-9-15(11)2/h3-7,9-10,16H,8H2,1-2H3/t10-/m0/s1. The lowest BCUT2D eigenvalue weighted by Crippen LogP contribution is -2.03. The van der Waals surface area contributed by atoms with Gasteiger partial charge < -0.3 is 14.4 Å². The lowest BCUT2D eigenvalue weighted by Gasteiger charge is -2.13. The summed E-state index contributed by atoms with van der Waals surface area (Å²) in [6, 6.07) is 7.51. The number of imidazole rings is 1. The summed E-state index contributed by atoms with van der Waals surface area (Å²) in [6.45, 7) is 2.17. The topological polar surface area (TPSA) is 47.3 Å². The lowest BCUT2D eigenvalue weighted by molar-refractivity contribution is 0.189. The van der Waals surface area contributed by atoms with Crippen molar-refractivity contribution in [1.29, 1.82) is 0 Å². The highest BCUT2D eigenvalue weighted by Gasteiger charge is 2.08. The lowest BCUT2D eigenvalue weighted by atomic mass is 10.1. The average Bonchev–Trinajstić information content (AvgIpc) is 2.72. The maximum atomic E-state index is 9.62. The molecule has 1 aromatic heterocycles. The normalized spacial score (nSPS) is 12.4. The van der Waals surface area contributed by atoms with Gasteiger partial charge in [-0.15, -0.1) is 0 Å². The molecule has 4 heteroatoms. The van der Waals surface area contributed by atoms with Crippen LogP contribution in [-0.2, 0) is 13.7 Å². The number of para-hydroxylation sites is 1. The molecule has 2 aromatic rings. The van der Waals surface area contributed by atoms with E-state index in [0.717, 1.165) is 11.3 Å². The summed E-state index contributed by atoms with van der Waals surface area (Å²) in [5, 5.41) is 9.62. The second-order valence-corrected chi connectivity index (χ2v) is 4.00. The minimum atomic E-state index is -0.530. The van der Waals surface area contributed by atoms with Gasteiger partial charge in [0.1, 0.15) is 12.4 Å². The van der Waals surface area contributed by atoms with Gasteiger partial charge in [0.25, 0.3) is 0 Å². The van der Waals surface area contributed by atoms with Crippen molar-refractivity contribution < 1.29 is 9.84 Å². The highest BCUT2D eigenvalue weighted by molar-refractivity contribution is 5.34. The fourth-order valence-electron chi connectivity index (χ4n) is 1.63. The SMILES string of the molecule is C[C@H](O)c1ccccc1OCc1cncn1C. The quantitative estimate of drug-likeness (QED) is 0.877. The van der Waals surface area contributed by atoms with Gasteiger partial charge in [-0.3, -0.25) is 0 Å². The molecular weight excluding hydrogens is 216 g/mol. The molecule has 0 radical (unpaired) electrons. The fourth-order valence-corrected chi connectivity index (χ4v) is 1.63. The summed E-state index contributed by atoms with van der Waals surface area (Å²) in [5.41, 5.74) is 1.79. The third kappa shape index (κ3) is 2.65. The molecule has 1 aromatic carbocycles. The van der Waals surface area contributed by atoms with Gasteiger partial charge in [0.15, 0.2) is 0 Å². The molecule has 1 heterocycles. The van der Waals surface area contributed by atoms with Crippen LogP contribution in [0.15, 0.2) is 36.8 Å². The zero-order valence-corrected chi connectivity index (χ0v) is 10.00. The molecule has 0 saturated heterocycles. The van der Waals surface area contributed by atoms with Gasteiger partial charge in [-0.1, -0.05) is 18.2 Å². The smallest absolute Gasteiger partial charge is 0.130 e. The molecule has 0 aliphatic rings. The number of rotatable bonds is 4. The van der Waals surface area contributed by atoms with E-state index in [9.17, 15) is 5.11 Å². The predicted molar refractivity (Wildman–Crippen MR) is 64.6 cm³/mol. The molecule has 0 bridgehead atoms. The van der Waals surface area contributed by atoms with Crippen LogP contribution < -0.4 is 4.74 Å². The van der Waals surface area contributed by atoms with E-state index in [1.165, 1.54) is 0 Å². The van der Waals surface area contributed by atoms with E-state index < -0.39 is 6.10 Å². The number of aliphatic hydroxyl groups excluding tert-OH is 1. The summed E-state index contributed by atoms with van der Waals surface area (Å²) in [6.07, 6.45) is 2.97. The van der Waals surface area contributed by atoms with Gasteiger partial charge in [-0.05, 0) is 13.0 Å². The van der Waals surface area contributed by atoms with Crippen molar-refractivity contribution in [2.45, 2.75) is 19.6 Å². The Morgan fingerprint density at radius 3 is 2.82 bits per heavy atom. The minimum Gasteiger partial charge on any atom is -0.487 e. The van der Waals surface area contributed by atoms with Gasteiger partial charge in [0, 0.05) is 12.6 Å². The molecule has 0 fully saturated rings. The van der Waals surface area contributed by atoms with Crippen LogP contribution in [0, 0.1) is 0 Å². The Labute approximate surface area is 100 Å². The van der Waals surface area contributed by atoms with Crippen LogP contribution in [0.4, 0.5) is 0 Å². The molecule has 17 heavy (non-hydrogen) atoms. The second kappa shape index (κ2) is 5.01. The van der Waals surface area contributed by atoms with Gasteiger partial charge in [-0.2, -0.15) is 0 Å². The molecule has 1 N–H and O–H groups in total. The maximum absolute atomic E-state index is 9.62. The number of aliphatic hydroxyl groups is 1. The molecule has 0 aliphatic heterocycles. The summed E-state index contributed by atoms with van der Waals surface area (Å²) in [4.78, 5) is 4.03. The molecule has 90 valence electrons. The number of hydrogen-bond donors (Lipinski definition) is 1. The molecule has 1 atom stereocenters. The first-order valence-corrected chi connectivity index (χ1v) is 5.53. The molecule has 0 spiro atoms. The van der Waals surface area contributed by atoms with Crippen molar-refractivity contribution in [3.8, 4) is 5.75 Å². The minimum absolute atomic E-state index is 0.445. The van der Waals surface area contributed by atoms with E-state index in [0.29, 0.717) is 12.4 Å². The largest absolute Gasteiger partial charge is 0.487 e. The zero-order chi connectivity index (χ0) is 12.3. The molecule has 0 unspecified atom stereocenters. The molecule has 4 nitrogen and oxygen atoms in total. The van der Waals surface area contributed by atoms with Crippen LogP contribution in [0.3, 0.4) is 0 Å². The van der Waals surface area contributed by atoms with Gasteiger partial charge in [0.2, 0.25) is 0 Å². The van der Waals surface area contributed by atoms with Crippen molar-refractivity contribution in [2.75, 3.05) is 0 Å². The molecule has 0 aliphatic carbocycles. The van der Waals surface area contributed by atoms with Crippen LogP contribution >= 0.6 is 0 Å². The third-order valence-electron chi connectivity index (χ3n) is 2.66. The molecule has 0 saturated carbocycles. The summed E-state index contributed by atoms with van der Waals surface area (Å²) in [5.74, 6) is 0.712. The van der Waals surface area contributed by atoms with Crippen LogP contribution in [0.2, 0.25) is 0 Å². The van der Waals surface area contributed by atoms with E-state index in [1.807, 2.05) is 35.9 Å². The first-order chi connectivity index (χ1) is 8.18. The van der Waals surface area contributed by atoms with Gasteiger partial charge in [0.05, 0.1) is 24.3 Å². The van der Waals surface area contributed by atoms with Crippen molar-refractivity contribution >= 4 is 0 Å². The highest BCUT2D eigenvalue weighted by atomic mass is 16.5. The van der Waals surface area contributed by atoms with E-state index in [-0.39, 0.29) is 0 Å². The summed E-state index contributed by atoms with van der Waals surface area (Å²) in [7, 11) is 1.92. The summed E-state index contributed by atoms with van der Waals surface area (Å²) < 4.78 is 7.61. The maximum Gasteiger partial charge on any atom is 0.130 e. The number of aromatic nitrogens is 2. The van der Waals surface area contributed by atoms with Crippen LogP contribution in [-0.4, -0.2) is 14.7 Å². The van der Waals surface area contributed by atoms with Crippen molar-refractivity contribution in [1.82, 2.24) is 9.55 Å². The molecule has 2 rings (SSSR count). The van der Waals surface area contributed by atoms with Crippen LogP contribution in [0.1, 0.15) is 24.3 Å². The average molecular weight is 232 g/mol. The Morgan fingerprint density at radius 2 is 2.18 bits per heavy atom. The van der Waals surface area contributed by atoms with E-state index in [2.05, 4.69) is 4.98 Å². The summed E-state index contributed by atoms with van der Waals surface area (Å²) >= 11 is 0. The number of nitrogens with zero attached hydrogens (tertiary/aromatic N) is 2. The number of hydrogen-bond acceptors (Lipinski definition) is 3. The zero-order valence-electron chi connectivity index (χ0n) is 10.00.